The molecule has 0 aliphatic carbocycles. The maximum atomic E-state index is 13.4. The number of rotatable bonds is 6. The van der Waals surface area contributed by atoms with Crippen molar-refractivity contribution in [3.63, 3.8) is 0 Å². The molecule has 7 nitrogen and oxygen atoms in total. The molecule has 0 spiro atoms. The quantitative estimate of drug-likeness (QED) is 0.583. The molecule has 0 unspecified atom stereocenters. The molecule has 0 amide bonds. The summed E-state index contributed by atoms with van der Waals surface area (Å²) in [6.07, 6.45) is -3.62. The van der Waals surface area contributed by atoms with Crippen molar-refractivity contribution in [3.05, 3.63) is 53.8 Å². The first-order chi connectivity index (χ1) is 15.3. The van der Waals surface area contributed by atoms with Gasteiger partial charge in [-0.3, -0.25) is 0 Å². The van der Waals surface area contributed by atoms with E-state index in [4.69, 9.17) is 18.9 Å². The highest BCUT2D eigenvalue weighted by Gasteiger charge is 2.56. The molecule has 0 bridgehead atoms. The number of hydrogen-bond donors (Lipinski definition) is 2. The van der Waals surface area contributed by atoms with Crippen molar-refractivity contribution in [1.29, 1.82) is 0 Å². The number of ether oxygens (including phenoxy) is 4. The molecule has 9 heteroatoms. The van der Waals surface area contributed by atoms with Gasteiger partial charge in [0.05, 0.1) is 23.4 Å². The Hall–Kier alpha value is -1.98. The molecule has 3 heterocycles. The number of aliphatic hydroxyl groups is 2. The van der Waals surface area contributed by atoms with Crippen LogP contribution < -0.4 is 0 Å². The lowest BCUT2D eigenvalue weighted by atomic mass is 10.1. The fourth-order valence-corrected chi connectivity index (χ4v) is 5.06. The minimum absolute atomic E-state index is 0.265. The summed E-state index contributed by atoms with van der Waals surface area (Å²) < 4.78 is 37.8. The molecule has 2 aliphatic heterocycles. The summed E-state index contributed by atoms with van der Waals surface area (Å²) in [7, 11) is 0. The summed E-state index contributed by atoms with van der Waals surface area (Å²) in [5, 5.41) is 20.3. The molecule has 0 radical (unpaired) electrons. The summed E-state index contributed by atoms with van der Waals surface area (Å²) in [4.78, 5) is 4.57. The Kier molecular flexibility index (Phi) is 5.75. The van der Waals surface area contributed by atoms with Crippen LogP contribution in [0.25, 0.3) is 20.8 Å². The molecule has 2 fully saturated rings. The molecular formula is C23H24FNO6S. The highest BCUT2D eigenvalue weighted by Crippen LogP contribution is 2.40. The zero-order chi connectivity index (χ0) is 22.5. The van der Waals surface area contributed by atoms with Gasteiger partial charge in [-0.25, -0.2) is 9.37 Å². The lowest BCUT2D eigenvalue weighted by Crippen LogP contribution is -2.44. The Morgan fingerprint density at radius 2 is 1.97 bits per heavy atom. The third-order valence-corrected chi connectivity index (χ3v) is 6.65. The van der Waals surface area contributed by atoms with Gasteiger partial charge in [0.1, 0.15) is 35.2 Å². The SMILES string of the molecule is CC1(C)O[C@H]2O[C@H]([C@H](O)CO)[C@H](OCc3ccc(-c4nc5ccc(F)cc5s4)cc3)[C@H]2O1. The first-order valence-electron chi connectivity index (χ1n) is 10.4. The molecular weight excluding hydrogens is 437 g/mol. The molecule has 1 aromatic heterocycles. The van der Waals surface area contributed by atoms with E-state index < -0.39 is 43.1 Å². The van der Waals surface area contributed by atoms with E-state index in [0.29, 0.717) is 0 Å². The number of fused-ring (bicyclic) bond motifs is 2. The third-order valence-electron chi connectivity index (χ3n) is 5.59. The molecule has 5 atom stereocenters. The van der Waals surface area contributed by atoms with Crippen LogP contribution in [0, 0.1) is 5.82 Å². The molecule has 2 aliphatic rings. The predicted molar refractivity (Wildman–Crippen MR) is 115 cm³/mol. The van der Waals surface area contributed by atoms with Gasteiger partial charge in [-0.15, -0.1) is 11.3 Å². The standard InChI is InChI=1S/C23H24FNO6S/c1-23(2)30-20-19(18(16(27)10-26)29-22(20)31-23)28-11-12-3-5-13(6-4-12)21-25-15-8-7-14(24)9-17(15)32-21/h3-9,16,18-20,22,26-27H,10-11H2,1-2H3/t16-,18-,19+,20-,22-/m1/s1. The lowest BCUT2D eigenvalue weighted by Gasteiger charge is -2.28. The van der Waals surface area contributed by atoms with Crippen molar-refractivity contribution in [2.24, 2.45) is 0 Å². The van der Waals surface area contributed by atoms with E-state index >= 15 is 0 Å². The van der Waals surface area contributed by atoms with Crippen LogP contribution in [0.15, 0.2) is 42.5 Å². The van der Waals surface area contributed by atoms with Gasteiger partial charge in [-0.05, 0) is 37.6 Å². The molecule has 2 saturated heterocycles. The summed E-state index contributed by atoms with van der Waals surface area (Å²) in [5.41, 5.74) is 2.62. The van der Waals surface area contributed by atoms with Crippen LogP contribution in [0.1, 0.15) is 19.4 Å². The maximum Gasteiger partial charge on any atom is 0.190 e. The predicted octanol–water partition coefficient (Wildman–Crippen LogP) is 3.22. The summed E-state index contributed by atoms with van der Waals surface area (Å²) in [6.45, 7) is 3.39. The van der Waals surface area contributed by atoms with E-state index in [1.54, 1.807) is 19.9 Å². The summed E-state index contributed by atoms with van der Waals surface area (Å²) in [5.74, 6) is -1.09. The highest BCUT2D eigenvalue weighted by molar-refractivity contribution is 7.21. The highest BCUT2D eigenvalue weighted by atomic mass is 32.1. The van der Waals surface area contributed by atoms with Crippen LogP contribution >= 0.6 is 11.3 Å². The average Bonchev–Trinajstić information content (AvgIpc) is 3.41. The first kappa shape index (κ1) is 21.8. The first-order valence-corrected chi connectivity index (χ1v) is 11.2. The van der Waals surface area contributed by atoms with Crippen LogP contribution in [0.4, 0.5) is 4.39 Å². The number of aliphatic hydroxyl groups excluding tert-OH is 2. The van der Waals surface area contributed by atoms with Gasteiger partial charge in [0.25, 0.3) is 0 Å². The number of aromatic nitrogens is 1. The number of hydrogen-bond acceptors (Lipinski definition) is 8. The molecule has 5 rings (SSSR count). The Balaban J connectivity index is 1.29. The monoisotopic (exact) mass is 461 g/mol. The zero-order valence-corrected chi connectivity index (χ0v) is 18.4. The third kappa shape index (κ3) is 4.17. The summed E-state index contributed by atoms with van der Waals surface area (Å²) in [6, 6.07) is 12.3. The topological polar surface area (TPSA) is 90.3 Å². The van der Waals surface area contributed by atoms with Gasteiger partial charge in [0.15, 0.2) is 12.1 Å². The van der Waals surface area contributed by atoms with Crippen molar-refractivity contribution in [3.8, 4) is 10.6 Å². The van der Waals surface area contributed by atoms with E-state index in [1.165, 1.54) is 23.5 Å². The van der Waals surface area contributed by atoms with Crippen LogP contribution in [0.2, 0.25) is 0 Å². The van der Waals surface area contributed by atoms with Gasteiger partial charge in [-0.1, -0.05) is 24.3 Å². The number of nitrogens with zero attached hydrogens (tertiary/aromatic N) is 1. The molecule has 2 N–H and O–H groups in total. The van der Waals surface area contributed by atoms with Crippen LogP contribution in [-0.4, -0.2) is 58.3 Å². The lowest BCUT2D eigenvalue weighted by molar-refractivity contribution is -0.232. The fourth-order valence-electron chi connectivity index (χ4n) is 4.07. The van der Waals surface area contributed by atoms with Crippen molar-refractivity contribution in [2.75, 3.05) is 6.61 Å². The number of thiazole rings is 1. The zero-order valence-electron chi connectivity index (χ0n) is 17.6. The fraction of sp³-hybridized carbons (Fsp3) is 0.435. The molecule has 0 saturated carbocycles. The van der Waals surface area contributed by atoms with E-state index in [9.17, 15) is 14.6 Å². The van der Waals surface area contributed by atoms with Crippen LogP contribution in [-0.2, 0) is 25.6 Å². The number of benzene rings is 2. The average molecular weight is 462 g/mol. The molecule has 2 aromatic carbocycles. The Morgan fingerprint density at radius 1 is 1.19 bits per heavy atom. The summed E-state index contributed by atoms with van der Waals surface area (Å²) >= 11 is 1.44. The van der Waals surface area contributed by atoms with E-state index in [0.717, 1.165) is 26.4 Å². The molecule has 170 valence electrons. The minimum atomic E-state index is -1.10. The van der Waals surface area contributed by atoms with Crippen molar-refractivity contribution in [2.45, 2.75) is 56.9 Å². The molecule has 32 heavy (non-hydrogen) atoms. The van der Waals surface area contributed by atoms with Crippen molar-refractivity contribution >= 4 is 21.6 Å². The van der Waals surface area contributed by atoms with E-state index in [2.05, 4.69) is 4.98 Å². The molecule has 3 aromatic rings. The van der Waals surface area contributed by atoms with Crippen molar-refractivity contribution in [1.82, 2.24) is 4.98 Å². The van der Waals surface area contributed by atoms with Crippen molar-refractivity contribution < 1.29 is 33.6 Å². The van der Waals surface area contributed by atoms with Gasteiger partial charge < -0.3 is 29.2 Å². The second kappa shape index (κ2) is 8.42. The Bertz CT molecular complexity index is 1100. The van der Waals surface area contributed by atoms with Gasteiger partial charge in [0, 0.05) is 5.56 Å². The number of halogens is 1. The van der Waals surface area contributed by atoms with Crippen LogP contribution in [0.5, 0.6) is 0 Å². The smallest absolute Gasteiger partial charge is 0.190 e. The van der Waals surface area contributed by atoms with Gasteiger partial charge >= 0.3 is 0 Å². The van der Waals surface area contributed by atoms with E-state index in [-0.39, 0.29) is 12.4 Å². The second-order valence-electron chi connectivity index (χ2n) is 8.42. The van der Waals surface area contributed by atoms with Gasteiger partial charge in [0.2, 0.25) is 0 Å². The van der Waals surface area contributed by atoms with Crippen LogP contribution in [0.3, 0.4) is 0 Å². The normalized spacial score (nSPS) is 27.7. The Labute approximate surface area is 188 Å². The largest absolute Gasteiger partial charge is 0.394 e. The Morgan fingerprint density at radius 3 is 2.72 bits per heavy atom. The minimum Gasteiger partial charge on any atom is -0.394 e. The maximum absolute atomic E-state index is 13.4. The second-order valence-corrected chi connectivity index (χ2v) is 9.45. The van der Waals surface area contributed by atoms with E-state index in [1.807, 2.05) is 24.3 Å². The van der Waals surface area contributed by atoms with Gasteiger partial charge in [-0.2, -0.15) is 0 Å².